The van der Waals surface area contributed by atoms with Gasteiger partial charge in [-0.15, -0.1) is 0 Å². The predicted octanol–water partition coefficient (Wildman–Crippen LogP) is 5.80. The molecule has 0 aliphatic carbocycles. The van der Waals surface area contributed by atoms with Gasteiger partial charge in [-0.25, -0.2) is 10.2 Å². The lowest BCUT2D eigenvalue weighted by atomic mass is 10.2. The van der Waals surface area contributed by atoms with Crippen molar-refractivity contribution in [3.8, 4) is 11.5 Å². The lowest BCUT2D eigenvalue weighted by Crippen LogP contribution is -2.24. The molecule has 0 saturated carbocycles. The number of carbonyl (C=O) groups excluding carboxylic acids is 1. The summed E-state index contributed by atoms with van der Waals surface area (Å²) in [7, 11) is 0. The molecule has 0 bridgehead atoms. The topological polar surface area (TPSA) is 115 Å². The lowest BCUT2D eigenvalue weighted by Gasteiger charge is -2.12. The smallest absolute Gasteiger partial charge is 0.339 e. The lowest BCUT2D eigenvalue weighted by molar-refractivity contribution is -0.384. The molecule has 0 unspecified atom stereocenters. The van der Waals surface area contributed by atoms with E-state index in [1.165, 1.54) is 18.3 Å². The van der Waals surface area contributed by atoms with Crippen molar-refractivity contribution >= 4 is 39.6 Å². The van der Waals surface area contributed by atoms with Gasteiger partial charge in [0.25, 0.3) is 5.69 Å². The molecule has 0 fully saturated rings. The van der Waals surface area contributed by atoms with E-state index in [1.807, 2.05) is 26.0 Å². The normalized spacial score (nSPS) is 10.7. The number of hydrogen-bond acceptors (Lipinski definition) is 6. The van der Waals surface area contributed by atoms with Crippen molar-refractivity contribution in [2.75, 3.05) is 11.9 Å². The average Bonchev–Trinajstić information content (AvgIpc) is 2.81. The van der Waals surface area contributed by atoms with E-state index in [4.69, 9.17) is 9.47 Å². The number of nitrogens with one attached hydrogen (secondary N) is 2. The Balaban J connectivity index is 1.62. The maximum absolute atomic E-state index is 12.1. The molecule has 176 valence electrons. The van der Waals surface area contributed by atoms with E-state index in [0.29, 0.717) is 34.9 Å². The largest absolute Gasteiger partial charge is 0.490 e. The molecule has 10 heteroatoms. The number of rotatable bonds is 9. The fraction of sp³-hybridized carbons (Fsp3) is 0.167. The van der Waals surface area contributed by atoms with Gasteiger partial charge in [0.2, 0.25) is 0 Å². The quantitative estimate of drug-likeness (QED) is 0.207. The molecular weight excluding hydrogens is 504 g/mol. The first-order valence-electron chi connectivity index (χ1n) is 10.3. The van der Waals surface area contributed by atoms with Crippen LogP contribution in [0.2, 0.25) is 0 Å². The van der Waals surface area contributed by atoms with Crippen LogP contribution < -0.4 is 20.2 Å². The van der Waals surface area contributed by atoms with Gasteiger partial charge in [-0.3, -0.25) is 10.1 Å². The number of urea groups is 1. The van der Waals surface area contributed by atoms with Crippen molar-refractivity contribution in [3.63, 3.8) is 0 Å². The molecule has 0 spiro atoms. The first-order chi connectivity index (χ1) is 16.4. The summed E-state index contributed by atoms with van der Waals surface area (Å²) in [5.74, 6) is 0.980. The summed E-state index contributed by atoms with van der Waals surface area (Å²) in [6.07, 6.45) is 1.49. The molecule has 0 radical (unpaired) electrons. The van der Waals surface area contributed by atoms with Gasteiger partial charge in [0.05, 0.1) is 17.7 Å². The first kappa shape index (κ1) is 24.7. The zero-order valence-electron chi connectivity index (χ0n) is 18.6. The number of carbonyl (C=O) groups is 1. The summed E-state index contributed by atoms with van der Waals surface area (Å²) in [5, 5.41) is 17.6. The van der Waals surface area contributed by atoms with Crippen LogP contribution >= 0.6 is 15.9 Å². The van der Waals surface area contributed by atoms with E-state index in [-0.39, 0.29) is 12.3 Å². The predicted molar refractivity (Wildman–Crippen MR) is 134 cm³/mol. The summed E-state index contributed by atoms with van der Waals surface area (Å²) in [5.41, 5.74) is 5.42. The second kappa shape index (κ2) is 11.8. The number of nitrogens with zero attached hydrogens (tertiary/aromatic N) is 2. The molecule has 9 nitrogen and oxygen atoms in total. The molecule has 3 rings (SSSR count). The molecule has 3 aromatic rings. The number of anilines is 1. The van der Waals surface area contributed by atoms with Crippen molar-refractivity contribution < 1.29 is 19.2 Å². The number of ether oxygens (including phenoxy) is 2. The van der Waals surface area contributed by atoms with E-state index in [0.717, 1.165) is 10.0 Å². The van der Waals surface area contributed by atoms with Crippen LogP contribution in [-0.4, -0.2) is 23.8 Å². The second-order valence-corrected chi connectivity index (χ2v) is 8.00. The molecule has 34 heavy (non-hydrogen) atoms. The van der Waals surface area contributed by atoms with Gasteiger partial charge in [-0.05, 0) is 66.9 Å². The van der Waals surface area contributed by atoms with E-state index in [9.17, 15) is 14.9 Å². The number of amides is 2. The monoisotopic (exact) mass is 526 g/mol. The number of hydrazone groups is 1. The highest BCUT2D eigenvalue weighted by molar-refractivity contribution is 9.10. The van der Waals surface area contributed by atoms with Crippen molar-refractivity contribution in [3.05, 3.63) is 91.9 Å². The van der Waals surface area contributed by atoms with Crippen LogP contribution in [0.3, 0.4) is 0 Å². The average molecular weight is 527 g/mol. The highest BCUT2D eigenvalue weighted by atomic mass is 79.9. The van der Waals surface area contributed by atoms with Gasteiger partial charge in [0, 0.05) is 22.3 Å². The summed E-state index contributed by atoms with van der Waals surface area (Å²) in [6, 6.07) is 16.5. The van der Waals surface area contributed by atoms with Crippen LogP contribution in [0, 0.1) is 17.0 Å². The standard InChI is InChI=1S/C24H23BrN4O5/c1-3-33-23-13-17(14-26-28-24(30)27-19-8-9-21(25)16(2)11-19)7-10-22(23)34-15-18-5-4-6-20(12-18)29(31)32/h4-14H,3,15H2,1-2H3,(H2,27,28,30)/b26-14+. The van der Waals surface area contributed by atoms with Crippen molar-refractivity contribution in [1.29, 1.82) is 0 Å². The first-order valence-corrected chi connectivity index (χ1v) is 11.1. The minimum absolute atomic E-state index is 0.00416. The Morgan fingerprint density at radius 3 is 2.68 bits per heavy atom. The Morgan fingerprint density at radius 1 is 1.12 bits per heavy atom. The van der Waals surface area contributed by atoms with Crippen LogP contribution in [0.4, 0.5) is 16.2 Å². The molecule has 2 N–H and O–H groups in total. The molecule has 0 atom stereocenters. The highest BCUT2D eigenvalue weighted by Crippen LogP contribution is 2.29. The van der Waals surface area contributed by atoms with E-state index in [1.54, 1.807) is 36.4 Å². The Morgan fingerprint density at radius 2 is 1.94 bits per heavy atom. The molecule has 3 aromatic carbocycles. The van der Waals surface area contributed by atoms with Crippen LogP contribution in [0.5, 0.6) is 11.5 Å². The molecule has 0 aliphatic heterocycles. The van der Waals surface area contributed by atoms with Gasteiger partial charge in [0.15, 0.2) is 11.5 Å². The molecule has 0 aliphatic rings. The van der Waals surface area contributed by atoms with Gasteiger partial charge < -0.3 is 14.8 Å². The van der Waals surface area contributed by atoms with Crippen LogP contribution in [-0.2, 0) is 6.61 Å². The maximum atomic E-state index is 12.1. The summed E-state index contributed by atoms with van der Waals surface area (Å²) >= 11 is 3.42. The minimum Gasteiger partial charge on any atom is -0.490 e. The fourth-order valence-corrected chi connectivity index (χ4v) is 3.21. The number of nitro groups is 1. The van der Waals surface area contributed by atoms with Gasteiger partial charge >= 0.3 is 6.03 Å². The molecule has 0 saturated heterocycles. The number of halogens is 1. The third-order valence-electron chi connectivity index (χ3n) is 4.58. The van der Waals surface area contributed by atoms with Crippen molar-refractivity contribution in [2.45, 2.75) is 20.5 Å². The Hall–Kier alpha value is -3.92. The number of nitro benzene ring substituents is 1. The number of hydrogen-bond donors (Lipinski definition) is 2. The Labute approximate surface area is 205 Å². The summed E-state index contributed by atoms with van der Waals surface area (Å²) in [4.78, 5) is 22.6. The number of aryl methyl sites for hydroxylation is 1. The summed E-state index contributed by atoms with van der Waals surface area (Å²) in [6.45, 7) is 4.34. The van der Waals surface area contributed by atoms with E-state index >= 15 is 0 Å². The zero-order chi connectivity index (χ0) is 24.5. The Bertz CT molecular complexity index is 1220. The molecule has 0 aromatic heterocycles. The zero-order valence-corrected chi connectivity index (χ0v) is 20.2. The van der Waals surface area contributed by atoms with Crippen LogP contribution in [0.1, 0.15) is 23.6 Å². The fourth-order valence-electron chi connectivity index (χ4n) is 2.96. The molecular formula is C24H23BrN4O5. The van der Waals surface area contributed by atoms with Gasteiger partial charge in [-0.1, -0.05) is 28.1 Å². The number of benzene rings is 3. The van der Waals surface area contributed by atoms with E-state index in [2.05, 4.69) is 31.8 Å². The highest BCUT2D eigenvalue weighted by Gasteiger charge is 2.09. The van der Waals surface area contributed by atoms with Crippen molar-refractivity contribution in [1.82, 2.24) is 5.43 Å². The maximum Gasteiger partial charge on any atom is 0.339 e. The third kappa shape index (κ3) is 7.04. The third-order valence-corrected chi connectivity index (χ3v) is 5.47. The van der Waals surface area contributed by atoms with Crippen LogP contribution in [0.15, 0.2) is 70.2 Å². The Kier molecular flexibility index (Phi) is 8.58. The van der Waals surface area contributed by atoms with E-state index < -0.39 is 11.0 Å². The molecule has 0 heterocycles. The minimum atomic E-state index is -0.472. The van der Waals surface area contributed by atoms with Gasteiger partial charge in [-0.2, -0.15) is 5.10 Å². The summed E-state index contributed by atoms with van der Waals surface area (Å²) < 4.78 is 12.4. The van der Waals surface area contributed by atoms with Gasteiger partial charge in [0.1, 0.15) is 6.61 Å². The molecule has 2 amide bonds. The SMILES string of the molecule is CCOc1cc(/C=N/NC(=O)Nc2ccc(Br)c(C)c2)ccc1OCc1cccc([N+](=O)[O-])c1. The number of non-ortho nitro benzene ring substituents is 1. The van der Waals surface area contributed by atoms with Crippen LogP contribution in [0.25, 0.3) is 0 Å². The van der Waals surface area contributed by atoms with Crippen molar-refractivity contribution in [2.24, 2.45) is 5.10 Å². The second-order valence-electron chi connectivity index (χ2n) is 7.14.